The van der Waals surface area contributed by atoms with Gasteiger partial charge in [0.25, 0.3) is 11.8 Å². The number of carbonyl (C=O) groups excluding carboxylic acids is 2. The number of nitrogens with one attached hydrogen (secondary N) is 1. The van der Waals surface area contributed by atoms with Gasteiger partial charge in [-0.2, -0.15) is 0 Å². The average Bonchev–Trinajstić information content (AvgIpc) is 2.67. The van der Waals surface area contributed by atoms with Crippen LogP contribution in [0.4, 0.5) is 5.69 Å². The molecule has 5 nitrogen and oxygen atoms in total. The number of rotatable bonds is 4. The van der Waals surface area contributed by atoms with Crippen LogP contribution in [-0.2, 0) is 0 Å². The van der Waals surface area contributed by atoms with Crippen LogP contribution in [0.3, 0.4) is 0 Å². The van der Waals surface area contributed by atoms with Crippen LogP contribution in [0.1, 0.15) is 40.5 Å². The zero-order valence-electron chi connectivity index (χ0n) is 15.5. The number of halogens is 1. The van der Waals surface area contributed by atoms with Crippen molar-refractivity contribution in [3.05, 3.63) is 58.6 Å². The summed E-state index contributed by atoms with van der Waals surface area (Å²) < 4.78 is 5.10. The molecule has 0 spiro atoms. The van der Waals surface area contributed by atoms with E-state index in [0.717, 1.165) is 25.9 Å². The second-order valence-corrected chi connectivity index (χ2v) is 7.29. The zero-order chi connectivity index (χ0) is 19.4. The van der Waals surface area contributed by atoms with E-state index < -0.39 is 0 Å². The molecule has 0 aliphatic carbocycles. The summed E-state index contributed by atoms with van der Waals surface area (Å²) >= 11 is 6.08. The van der Waals surface area contributed by atoms with E-state index in [4.69, 9.17) is 16.3 Å². The highest BCUT2D eigenvalue weighted by Gasteiger charge is 2.22. The molecule has 6 heteroatoms. The Hall–Kier alpha value is -2.53. The van der Waals surface area contributed by atoms with Crippen LogP contribution < -0.4 is 10.1 Å². The van der Waals surface area contributed by atoms with Crippen molar-refractivity contribution in [3.63, 3.8) is 0 Å². The molecule has 0 radical (unpaired) electrons. The largest absolute Gasteiger partial charge is 0.495 e. The lowest BCUT2D eigenvalue weighted by atomic mass is 9.99. The molecule has 3 rings (SSSR count). The van der Waals surface area contributed by atoms with Gasteiger partial charge in [-0.3, -0.25) is 9.59 Å². The fourth-order valence-electron chi connectivity index (χ4n) is 3.27. The Morgan fingerprint density at radius 3 is 2.48 bits per heavy atom. The Kier molecular flexibility index (Phi) is 6.01. The van der Waals surface area contributed by atoms with E-state index >= 15 is 0 Å². The molecular formula is C21H23ClN2O3. The first-order valence-corrected chi connectivity index (χ1v) is 9.40. The van der Waals surface area contributed by atoms with Gasteiger partial charge in [-0.15, -0.1) is 0 Å². The third-order valence-electron chi connectivity index (χ3n) is 4.75. The predicted octanol–water partition coefficient (Wildman–Crippen LogP) is 4.47. The molecule has 27 heavy (non-hydrogen) atoms. The Morgan fingerprint density at radius 1 is 1.15 bits per heavy atom. The number of likely N-dealkylation sites (tertiary alicyclic amines) is 1. The van der Waals surface area contributed by atoms with E-state index in [2.05, 4.69) is 12.2 Å². The molecule has 0 bridgehead atoms. The molecule has 2 aromatic rings. The van der Waals surface area contributed by atoms with Crippen LogP contribution >= 0.6 is 11.6 Å². The van der Waals surface area contributed by atoms with Gasteiger partial charge in [0.1, 0.15) is 5.75 Å². The number of anilines is 1. The van der Waals surface area contributed by atoms with Gasteiger partial charge >= 0.3 is 0 Å². The number of carbonyl (C=O) groups is 2. The van der Waals surface area contributed by atoms with E-state index in [1.54, 1.807) is 42.5 Å². The van der Waals surface area contributed by atoms with E-state index in [1.165, 1.54) is 7.11 Å². The van der Waals surface area contributed by atoms with Crippen molar-refractivity contribution in [1.29, 1.82) is 0 Å². The van der Waals surface area contributed by atoms with Crippen LogP contribution in [-0.4, -0.2) is 36.9 Å². The molecule has 1 unspecified atom stereocenters. The summed E-state index contributed by atoms with van der Waals surface area (Å²) in [7, 11) is 1.53. The number of methoxy groups -OCH3 is 1. The van der Waals surface area contributed by atoms with Crippen molar-refractivity contribution in [2.24, 2.45) is 5.92 Å². The van der Waals surface area contributed by atoms with Crippen LogP contribution in [0, 0.1) is 5.92 Å². The third kappa shape index (κ3) is 4.61. The summed E-state index contributed by atoms with van der Waals surface area (Å²) in [5, 5.41) is 3.22. The molecule has 1 N–H and O–H groups in total. The number of benzene rings is 2. The molecule has 1 aliphatic heterocycles. The fourth-order valence-corrected chi connectivity index (χ4v) is 3.53. The first-order valence-electron chi connectivity index (χ1n) is 9.02. The minimum Gasteiger partial charge on any atom is -0.495 e. The quantitative estimate of drug-likeness (QED) is 0.843. The highest BCUT2D eigenvalue weighted by atomic mass is 35.5. The number of hydrogen-bond donors (Lipinski definition) is 1. The molecule has 1 fully saturated rings. The molecule has 142 valence electrons. The lowest BCUT2D eigenvalue weighted by Gasteiger charge is -2.31. The number of amides is 2. The first-order chi connectivity index (χ1) is 13.0. The van der Waals surface area contributed by atoms with Gasteiger partial charge in [-0.25, -0.2) is 0 Å². The molecular weight excluding hydrogens is 364 g/mol. The maximum Gasteiger partial charge on any atom is 0.255 e. The van der Waals surface area contributed by atoms with E-state index in [0.29, 0.717) is 33.5 Å². The lowest BCUT2D eigenvalue weighted by Crippen LogP contribution is -2.39. The second-order valence-electron chi connectivity index (χ2n) is 6.88. The summed E-state index contributed by atoms with van der Waals surface area (Å²) in [5.41, 5.74) is 1.66. The number of piperidine rings is 1. The van der Waals surface area contributed by atoms with Gasteiger partial charge in [-0.1, -0.05) is 18.5 Å². The van der Waals surface area contributed by atoms with Crippen LogP contribution in [0.15, 0.2) is 42.5 Å². The van der Waals surface area contributed by atoms with E-state index in [1.807, 2.05) is 4.90 Å². The van der Waals surface area contributed by atoms with Gasteiger partial charge in [0.15, 0.2) is 0 Å². The summed E-state index contributed by atoms with van der Waals surface area (Å²) in [5.74, 6) is 0.839. The topological polar surface area (TPSA) is 58.6 Å². The molecule has 2 aromatic carbocycles. The van der Waals surface area contributed by atoms with Crippen LogP contribution in [0.5, 0.6) is 5.75 Å². The Balaban J connectivity index is 1.66. The third-order valence-corrected chi connectivity index (χ3v) is 5.04. The standard InChI is InChI=1S/C21H23ClN2O3/c1-14-4-3-11-24(13-14)21(26)16-7-5-15(6-8-16)20(25)23-17-9-10-19(27-2)18(22)12-17/h5-10,12,14H,3-4,11,13H2,1-2H3,(H,23,25). The van der Waals surface area contributed by atoms with Crippen molar-refractivity contribution >= 4 is 29.1 Å². The molecule has 1 heterocycles. The summed E-state index contributed by atoms with van der Waals surface area (Å²) in [6, 6.07) is 11.8. The number of hydrogen-bond acceptors (Lipinski definition) is 3. The maximum absolute atomic E-state index is 12.6. The van der Waals surface area contributed by atoms with E-state index in [9.17, 15) is 9.59 Å². The lowest BCUT2D eigenvalue weighted by molar-refractivity contribution is 0.0682. The molecule has 1 atom stereocenters. The highest BCUT2D eigenvalue weighted by Crippen LogP contribution is 2.27. The monoisotopic (exact) mass is 386 g/mol. The molecule has 0 saturated carbocycles. The Morgan fingerprint density at radius 2 is 1.85 bits per heavy atom. The van der Waals surface area contributed by atoms with E-state index in [-0.39, 0.29) is 11.8 Å². The first kappa shape index (κ1) is 19.2. The zero-order valence-corrected chi connectivity index (χ0v) is 16.3. The second kappa shape index (κ2) is 8.44. The normalized spacial score (nSPS) is 16.7. The molecule has 1 saturated heterocycles. The predicted molar refractivity (Wildman–Crippen MR) is 107 cm³/mol. The molecule has 0 aromatic heterocycles. The minimum absolute atomic E-state index is 0.0236. The van der Waals surface area contributed by atoms with Gasteiger partial charge in [0.05, 0.1) is 12.1 Å². The van der Waals surface area contributed by atoms with Crippen LogP contribution in [0.25, 0.3) is 0 Å². The minimum atomic E-state index is -0.262. The SMILES string of the molecule is COc1ccc(NC(=O)c2ccc(C(=O)N3CCCC(C)C3)cc2)cc1Cl. The Bertz CT molecular complexity index is 836. The smallest absolute Gasteiger partial charge is 0.255 e. The van der Waals surface area contributed by atoms with Crippen LogP contribution in [0.2, 0.25) is 5.02 Å². The summed E-state index contributed by atoms with van der Waals surface area (Å²) in [6.45, 7) is 3.75. The van der Waals surface area contributed by atoms with Gasteiger partial charge < -0.3 is 15.0 Å². The van der Waals surface area contributed by atoms with Gasteiger partial charge in [0.2, 0.25) is 0 Å². The molecule has 1 aliphatic rings. The van der Waals surface area contributed by atoms with Crippen molar-refractivity contribution in [2.45, 2.75) is 19.8 Å². The Labute approximate surface area is 164 Å². The maximum atomic E-state index is 12.6. The van der Waals surface area contributed by atoms with Crippen molar-refractivity contribution in [2.75, 3.05) is 25.5 Å². The highest BCUT2D eigenvalue weighted by molar-refractivity contribution is 6.32. The van der Waals surface area contributed by atoms with Crippen molar-refractivity contribution in [3.8, 4) is 5.75 Å². The molecule has 2 amide bonds. The summed E-state index contributed by atoms with van der Waals surface area (Å²) in [6.07, 6.45) is 2.20. The fraction of sp³-hybridized carbons (Fsp3) is 0.333. The summed E-state index contributed by atoms with van der Waals surface area (Å²) in [4.78, 5) is 26.9. The van der Waals surface area contributed by atoms with Gasteiger partial charge in [0, 0.05) is 29.9 Å². The number of nitrogens with zero attached hydrogens (tertiary/aromatic N) is 1. The van der Waals surface area contributed by atoms with Gasteiger partial charge in [-0.05, 0) is 61.2 Å². The number of ether oxygens (including phenoxy) is 1. The average molecular weight is 387 g/mol. The van der Waals surface area contributed by atoms with Crippen molar-refractivity contribution < 1.29 is 14.3 Å². The van der Waals surface area contributed by atoms with Crippen molar-refractivity contribution in [1.82, 2.24) is 4.90 Å².